The van der Waals surface area contributed by atoms with Crippen LogP contribution >= 0.6 is 0 Å². The largest absolute Gasteiger partial charge is 0.345 e. The molecule has 0 fully saturated rings. The zero-order valence-electron chi connectivity index (χ0n) is 12.1. The van der Waals surface area contributed by atoms with Gasteiger partial charge in [-0.15, -0.1) is 0 Å². The molecule has 0 saturated heterocycles. The number of nitrogens with zero attached hydrogens (tertiary/aromatic N) is 2. The Bertz CT molecular complexity index is 476. The molecule has 0 aliphatic heterocycles. The SMILES string of the molecule is CCC(NCC(=O)N(C)CC)c1cccc([N+](=O)[O-])c1. The lowest BCUT2D eigenvalue weighted by Crippen LogP contribution is -2.36. The number of rotatable bonds is 7. The van der Waals surface area contributed by atoms with Crippen LogP contribution in [0, 0.1) is 10.1 Å². The number of amides is 1. The quantitative estimate of drug-likeness (QED) is 0.612. The number of hydrogen-bond acceptors (Lipinski definition) is 4. The van der Waals surface area contributed by atoms with Crippen molar-refractivity contribution in [1.29, 1.82) is 0 Å². The highest BCUT2D eigenvalue weighted by Gasteiger charge is 2.15. The summed E-state index contributed by atoms with van der Waals surface area (Å²) in [5.74, 6) is 0.0105. The second-order valence-corrected chi connectivity index (χ2v) is 4.60. The molecule has 0 aromatic heterocycles. The molecule has 110 valence electrons. The van der Waals surface area contributed by atoms with Gasteiger partial charge in [-0.3, -0.25) is 14.9 Å². The van der Waals surface area contributed by atoms with Gasteiger partial charge in [0, 0.05) is 31.8 Å². The van der Waals surface area contributed by atoms with E-state index >= 15 is 0 Å². The average Bonchev–Trinajstić information content (AvgIpc) is 2.47. The second-order valence-electron chi connectivity index (χ2n) is 4.60. The Kier molecular flexibility index (Phi) is 6.11. The Labute approximate surface area is 118 Å². The normalized spacial score (nSPS) is 11.9. The van der Waals surface area contributed by atoms with Gasteiger partial charge >= 0.3 is 0 Å². The van der Waals surface area contributed by atoms with Crippen molar-refractivity contribution < 1.29 is 9.72 Å². The van der Waals surface area contributed by atoms with E-state index in [1.54, 1.807) is 24.1 Å². The van der Waals surface area contributed by atoms with E-state index in [2.05, 4.69) is 5.32 Å². The van der Waals surface area contributed by atoms with Crippen molar-refractivity contribution in [2.75, 3.05) is 20.1 Å². The third-order valence-electron chi connectivity index (χ3n) is 3.29. The molecule has 6 heteroatoms. The van der Waals surface area contributed by atoms with Crippen molar-refractivity contribution in [3.05, 3.63) is 39.9 Å². The minimum atomic E-state index is -0.410. The lowest BCUT2D eigenvalue weighted by atomic mass is 10.0. The van der Waals surface area contributed by atoms with Crippen LogP contribution in [0.3, 0.4) is 0 Å². The van der Waals surface area contributed by atoms with Crippen LogP contribution in [0.15, 0.2) is 24.3 Å². The molecule has 1 amide bonds. The Morgan fingerprint density at radius 2 is 2.15 bits per heavy atom. The van der Waals surface area contributed by atoms with E-state index in [0.717, 1.165) is 12.0 Å². The molecular weight excluding hydrogens is 258 g/mol. The molecule has 1 aromatic carbocycles. The summed E-state index contributed by atoms with van der Waals surface area (Å²) < 4.78 is 0. The van der Waals surface area contributed by atoms with Crippen molar-refractivity contribution in [1.82, 2.24) is 10.2 Å². The Morgan fingerprint density at radius 3 is 2.70 bits per heavy atom. The van der Waals surface area contributed by atoms with Gasteiger partial charge in [0.2, 0.25) is 5.91 Å². The van der Waals surface area contributed by atoms with Crippen LogP contribution in [-0.4, -0.2) is 35.9 Å². The molecule has 0 aliphatic rings. The van der Waals surface area contributed by atoms with Crippen molar-refractivity contribution in [3.63, 3.8) is 0 Å². The van der Waals surface area contributed by atoms with Gasteiger partial charge in [0.1, 0.15) is 0 Å². The van der Waals surface area contributed by atoms with Gasteiger partial charge in [-0.25, -0.2) is 0 Å². The van der Waals surface area contributed by atoms with Crippen LogP contribution in [-0.2, 0) is 4.79 Å². The molecule has 20 heavy (non-hydrogen) atoms. The van der Waals surface area contributed by atoms with Gasteiger partial charge in [0.05, 0.1) is 11.5 Å². The van der Waals surface area contributed by atoms with Crippen molar-refractivity contribution in [2.24, 2.45) is 0 Å². The third-order valence-corrected chi connectivity index (χ3v) is 3.29. The number of carbonyl (C=O) groups excluding carboxylic acids is 1. The van der Waals surface area contributed by atoms with Gasteiger partial charge < -0.3 is 10.2 Å². The van der Waals surface area contributed by atoms with Crippen LogP contribution in [0.1, 0.15) is 31.9 Å². The molecule has 6 nitrogen and oxygen atoms in total. The van der Waals surface area contributed by atoms with E-state index in [4.69, 9.17) is 0 Å². The smallest absolute Gasteiger partial charge is 0.269 e. The summed E-state index contributed by atoms with van der Waals surface area (Å²) in [6, 6.07) is 6.45. The van der Waals surface area contributed by atoms with Gasteiger partial charge in [-0.05, 0) is 18.9 Å². The average molecular weight is 279 g/mol. The summed E-state index contributed by atoms with van der Waals surface area (Å²) >= 11 is 0. The van der Waals surface area contributed by atoms with Crippen LogP contribution in [0.4, 0.5) is 5.69 Å². The summed E-state index contributed by atoms with van der Waals surface area (Å²) in [5.41, 5.74) is 0.897. The maximum Gasteiger partial charge on any atom is 0.269 e. The number of likely N-dealkylation sites (N-methyl/N-ethyl adjacent to an activating group) is 1. The van der Waals surface area contributed by atoms with Crippen molar-refractivity contribution in [3.8, 4) is 0 Å². The topological polar surface area (TPSA) is 75.5 Å². The summed E-state index contributed by atoms with van der Waals surface area (Å²) in [7, 11) is 1.75. The summed E-state index contributed by atoms with van der Waals surface area (Å²) in [6.45, 7) is 4.78. The molecule has 0 bridgehead atoms. The van der Waals surface area contributed by atoms with E-state index in [9.17, 15) is 14.9 Å². The predicted octanol–water partition coefficient (Wildman–Crippen LogP) is 2.11. The maximum absolute atomic E-state index is 11.8. The summed E-state index contributed by atoms with van der Waals surface area (Å²) in [6.07, 6.45) is 0.754. The minimum absolute atomic E-state index is 0.0105. The molecule has 0 saturated carbocycles. The molecule has 1 aromatic rings. The number of nitro groups is 1. The minimum Gasteiger partial charge on any atom is -0.345 e. The fourth-order valence-corrected chi connectivity index (χ4v) is 1.87. The Balaban J connectivity index is 2.73. The fourth-order valence-electron chi connectivity index (χ4n) is 1.87. The first-order chi connectivity index (χ1) is 9.49. The number of nitro benzene ring substituents is 1. The molecule has 0 spiro atoms. The van der Waals surface area contributed by atoms with Crippen LogP contribution < -0.4 is 5.32 Å². The second kappa shape index (κ2) is 7.59. The molecule has 0 heterocycles. The highest BCUT2D eigenvalue weighted by molar-refractivity contribution is 5.77. The number of carbonyl (C=O) groups is 1. The monoisotopic (exact) mass is 279 g/mol. The van der Waals surface area contributed by atoms with E-state index < -0.39 is 4.92 Å². The summed E-state index contributed by atoms with van der Waals surface area (Å²) in [4.78, 5) is 23.8. The fraction of sp³-hybridized carbons (Fsp3) is 0.500. The first kappa shape index (κ1) is 16.1. The van der Waals surface area contributed by atoms with E-state index in [1.165, 1.54) is 6.07 Å². The number of nitrogens with one attached hydrogen (secondary N) is 1. The molecule has 0 aliphatic carbocycles. The first-order valence-electron chi connectivity index (χ1n) is 6.71. The molecule has 1 N–H and O–H groups in total. The molecule has 1 rings (SSSR count). The lowest BCUT2D eigenvalue weighted by molar-refractivity contribution is -0.384. The summed E-state index contributed by atoms with van der Waals surface area (Å²) in [5, 5.41) is 13.9. The molecule has 1 unspecified atom stereocenters. The number of non-ortho nitro benzene ring substituents is 1. The Morgan fingerprint density at radius 1 is 1.45 bits per heavy atom. The zero-order valence-corrected chi connectivity index (χ0v) is 12.1. The van der Waals surface area contributed by atoms with Crippen molar-refractivity contribution >= 4 is 11.6 Å². The lowest BCUT2D eigenvalue weighted by Gasteiger charge is -2.20. The van der Waals surface area contributed by atoms with Gasteiger partial charge in [-0.1, -0.05) is 19.1 Å². The standard InChI is InChI=1S/C14H21N3O3/c1-4-13(15-10-14(18)16(3)5-2)11-7-6-8-12(9-11)17(19)20/h6-9,13,15H,4-5,10H2,1-3H3. The van der Waals surface area contributed by atoms with Crippen LogP contribution in [0.25, 0.3) is 0 Å². The zero-order chi connectivity index (χ0) is 15.1. The predicted molar refractivity (Wildman–Crippen MR) is 77.4 cm³/mol. The van der Waals surface area contributed by atoms with Gasteiger partial charge in [0.25, 0.3) is 5.69 Å². The Hall–Kier alpha value is -1.95. The number of benzene rings is 1. The van der Waals surface area contributed by atoms with E-state index in [-0.39, 0.29) is 24.2 Å². The molecule has 1 atom stereocenters. The first-order valence-corrected chi connectivity index (χ1v) is 6.71. The molecular formula is C14H21N3O3. The van der Waals surface area contributed by atoms with Crippen LogP contribution in [0.5, 0.6) is 0 Å². The molecule has 0 radical (unpaired) electrons. The van der Waals surface area contributed by atoms with E-state index in [1.807, 2.05) is 19.9 Å². The maximum atomic E-state index is 11.8. The van der Waals surface area contributed by atoms with Gasteiger partial charge in [-0.2, -0.15) is 0 Å². The van der Waals surface area contributed by atoms with E-state index in [0.29, 0.717) is 6.54 Å². The third kappa shape index (κ3) is 4.31. The van der Waals surface area contributed by atoms with Gasteiger partial charge in [0.15, 0.2) is 0 Å². The highest BCUT2D eigenvalue weighted by atomic mass is 16.6. The van der Waals surface area contributed by atoms with Crippen LogP contribution in [0.2, 0.25) is 0 Å². The van der Waals surface area contributed by atoms with Crippen molar-refractivity contribution in [2.45, 2.75) is 26.3 Å². The highest BCUT2D eigenvalue weighted by Crippen LogP contribution is 2.21. The number of hydrogen-bond donors (Lipinski definition) is 1.